The summed E-state index contributed by atoms with van der Waals surface area (Å²) in [6, 6.07) is 0. The Kier molecular flexibility index (Phi) is 3.14. The molecule has 0 bridgehead atoms. The van der Waals surface area contributed by atoms with Crippen LogP contribution < -0.4 is 5.32 Å². The zero-order valence-electron chi connectivity index (χ0n) is 11.0. The van der Waals surface area contributed by atoms with Gasteiger partial charge < -0.3 is 5.32 Å². The Labute approximate surface area is 121 Å². The van der Waals surface area contributed by atoms with Crippen molar-refractivity contribution < 1.29 is 0 Å². The molecule has 6 heteroatoms. The van der Waals surface area contributed by atoms with Gasteiger partial charge in [-0.25, -0.2) is 9.97 Å². The molecular formula is C13H16N4S2. The molecule has 0 amide bonds. The maximum Gasteiger partial charge on any atom is 0.189 e. The van der Waals surface area contributed by atoms with Gasteiger partial charge in [-0.15, -0.1) is 11.3 Å². The molecule has 2 aromatic rings. The predicted octanol–water partition coefficient (Wildman–Crippen LogP) is 3.10. The number of hydrogen-bond donors (Lipinski definition) is 1. The van der Waals surface area contributed by atoms with Crippen LogP contribution in [0, 0.1) is 5.41 Å². The number of thiazole rings is 1. The van der Waals surface area contributed by atoms with Gasteiger partial charge in [0.1, 0.15) is 6.33 Å². The molecule has 0 saturated carbocycles. The van der Waals surface area contributed by atoms with Crippen molar-refractivity contribution in [2.75, 3.05) is 5.32 Å². The number of rotatable bonds is 1. The third kappa shape index (κ3) is 2.69. The number of hydrogen-bond acceptors (Lipinski definition) is 4. The van der Waals surface area contributed by atoms with E-state index in [1.54, 1.807) is 28.4 Å². The summed E-state index contributed by atoms with van der Waals surface area (Å²) in [6.45, 7) is 4.61. The first-order chi connectivity index (χ1) is 9.03. The van der Waals surface area contributed by atoms with Crippen molar-refractivity contribution in [3.8, 4) is 0 Å². The highest BCUT2D eigenvalue weighted by molar-refractivity contribution is 7.80. The normalized spacial score (nSPS) is 16.9. The second kappa shape index (κ2) is 4.68. The molecule has 0 unspecified atom stereocenters. The summed E-state index contributed by atoms with van der Waals surface area (Å²) in [5.74, 6) is 0. The quantitative estimate of drug-likeness (QED) is 0.820. The molecule has 0 fully saturated rings. The molecular weight excluding hydrogens is 276 g/mol. The number of fused-ring (bicyclic) bond motifs is 1. The number of aromatic nitrogens is 3. The minimum Gasteiger partial charge on any atom is -0.308 e. The average Bonchev–Trinajstić information content (AvgIpc) is 2.95. The van der Waals surface area contributed by atoms with E-state index in [2.05, 4.69) is 29.1 Å². The molecule has 0 aliphatic heterocycles. The van der Waals surface area contributed by atoms with E-state index in [-0.39, 0.29) is 0 Å². The van der Waals surface area contributed by atoms with E-state index in [1.165, 1.54) is 17.0 Å². The minimum absolute atomic E-state index is 0.364. The van der Waals surface area contributed by atoms with Gasteiger partial charge in [0.2, 0.25) is 0 Å². The standard InChI is InChI=1S/C13H16N4S2/c1-13(2)4-3-10-9(7-13)15-11(19-10)16-12(18)17-6-5-14-8-17/h5-6,8H,3-4,7H2,1-2H3,(H,15,16,18). The molecule has 0 saturated heterocycles. The molecule has 2 aromatic heterocycles. The molecule has 0 radical (unpaired) electrons. The zero-order chi connectivity index (χ0) is 13.5. The van der Waals surface area contributed by atoms with Crippen LogP contribution in [0.1, 0.15) is 30.8 Å². The summed E-state index contributed by atoms with van der Waals surface area (Å²) >= 11 is 7.04. The highest BCUT2D eigenvalue weighted by Gasteiger charge is 2.28. The van der Waals surface area contributed by atoms with Crippen LogP contribution in [0.15, 0.2) is 18.7 Å². The van der Waals surface area contributed by atoms with Crippen LogP contribution in [0.3, 0.4) is 0 Å². The smallest absolute Gasteiger partial charge is 0.189 e. The molecule has 2 heterocycles. The lowest BCUT2D eigenvalue weighted by Crippen LogP contribution is -2.21. The van der Waals surface area contributed by atoms with E-state index >= 15 is 0 Å². The first kappa shape index (κ1) is 12.7. The Morgan fingerprint density at radius 1 is 1.53 bits per heavy atom. The fourth-order valence-electron chi connectivity index (χ4n) is 2.30. The highest BCUT2D eigenvalue weighted by atomic mass is 32.1. The molecule has 0 aromatic carbocycles. The van der Waals surface area contributed by atoms with Gasteiger partial charge in [0.05, 0.1) is 5.69 Å². The Morgan fingerprint density at radius 3 is 3.11 bits per heavy atom. The lowest BCUT2D eigenvalue weighted by Gasteiger charge is -2.27. The Bertz CT molecular complexity index is 598. The second-order valence-corrected chi connectivity index (χ2v) is 7.10. The average molecular weight is 292 g/mol. The number of imidazole rings is 1. The Hall–Kier alpha value is -1.27. The van der Waals surface area contributed by atoms with E-state index in [4.69, 9.17) is 12.2 Å². The van der Waals surface area contributed by atoms with Gasteiger partial charge in [-0.3, -0.25) is 4.57 Å². The molecule has 100 valence electrons. The van der Waals surface area contributed by atoms with Crippen LogP contribution in [0.25, 0.3) is 0 Å². The van der Waals surface area contributed by atoms with Gasteiger partial charge in [0.15, 0.2) is 10.2 Å². The zero-order valence-corrected chi connectivity index (χ0v) is 12.6. The number of nitrogens with zero attached hydrogens (tertiary/aromatic N) is 3. The van der Waals surface area contributed by atoms with Crippen molar-refractivity contribution in [2.24, 2.45) is 5.41 Å². The molecule has 0 spiro atoms. The number of nitrogens with one attached hydrogen (secondary N) is 1. The lowest BCUT2D eigenvalue weighted by molar-refractivity contribution is 0.314. The lowest BCUT2D eigenvalue weighted by atomic mass is 9.79. The van der Waals surface area contributed by atoms with Crippen molar-refractivity contribution in [1.82, 2.24) is 14.5 Å². The first-order valence-corrected chi connectivity index (χ1v) is 7.54. The minimum atomic E-state index is 0.364. The molecule has 19 heavy (non-hydrogen) atoms. The summed E-state index contributed by atoms with van der Waals surface area (Å²) < 4.78 is 1.78. The Balaban J connectivity index is 1.77. The predicted molar refractivity (Wildman–Crippen MR) is 81.8 cm³/mol. The van der Waals surface area contributed by atoms with Crippen molar-refractivity contribution in [1.29, 1.82) is 0 Å². The maximum absolute atomic E-state index is 5.32. The van der Waals surface area contributed by atoms with E-state index in [0.29, 0.717) is 10.5 Å². The fraction of sp³-hybridized carbons (Fsp3) is 0.462. The summed E-state index contributed by atoms with van der Waals surface area (Å²) in [6.07, 6.45) is 8.63. The fourth-order valence-corrected chi connectivity index (χ4v) is 3.55. The van der Waals surface area contributed by atoms with Gasteiger partial charge >= 0.3 is 0 Å². The van der Waals surface area contributed by atoms with Crippen molar-refractivity contribution in [3.05, 3.63) is 29.3 Å². The SMILES string of the molecule is CC1(C)CCc2sc(NC(=S)n3ccnc3)nc2C1. The van der Waals surface area contributed by atoms with Gasteiger partial charge in [0, 0.05) is 17.3 Å². The summed E-state index contributed by atoms with van der Waals surface area (Å²) in [4.78, 5) is 10.1. The van der Waals surface area contributed by atoms with Crippen molar-refractivity contribution >= 4 is 33.8 Å². The number of anilines is 1. The van der Waals surface area contributed by atoms with E-state index < -0.39 is 0 Å². The van der Waals surface area contributed by atoms with Crippen molar-refractivity contribution in [3.63, 3.8) is 0 Å². The third-order valence-corrected chi connectivity index (χ3v) is 4.79. The molecule has 3 rings (SSSR count). The number of aryl methyl sites for hydroxylation is 1. The Morgan fingerprint density at radius 2 is 2.37 bits per heavy atom. The van der Waals surface area contributed by atoms with Crippen LogP contribution in [-0.2, 0) is 12.8 Å². The molecule has 4 nitrogen and oxygen atoms in total. The number of thiocarbonyl (C=S) groups is 1. The van der Waals surface area contributed by atoms with Crippen LogP contribution >= 0.6 is 23.6 Å². The van der Waals surface area contributed by atoms with E-state index in [0.717, 1.165) is 18.0 Å². The van der Waals surface area contributed by atoms with Crippen LogP contribution in [0.2, 0.25) is 0 Å². The largest absolute Gasteiger partial charge is 0.308 e. The molecule has 0 atom stereocenters. The topological polar surface area (TPSA) is 42.7 Å². The van der Waals surface area contributed by atoms with Gasteiger partial charge in [-0.1, -0.05) is 13.8 Å². The van der Waals surface area contributed by atoms with E-state index in [1.807, 2.05) is 6.20 Å². The van der Waals surface area contributed by atoms with Crippen LogP contribution in [0.4, 0.5) is 5.13 Å². The van der Waals surface area contributed by atoms with E-state index in [9.17, 15) is 0 Å². The summed E-state index contributed by atoms with van der Waals surface area (Å²) in [7, 11) is 0. The second-order valence-electron chi connectivity index (χ2n) is 5.63. The summed E-state index contributed by atoms with van der Waals surface area (Å²) in [5, 5.41) is 4.69. The first-order valence-electron chi connectivity index (χ1n) is 6.31. The van der Waals surface area contributed by atoms with Gasteiger partial charge in [0.25, 0.3) is 0 Å². The monoisotopic (exact) mass is 292 g/mol. The maximum atomic E-state index is 5.32. The highest BCUT2D eigenvalue weighted by Crippen LogP contribution is 2.38. The molecule has 1 N–H and O–H groups in total. The molecule has 1 aliphatic carbocycles. The summed E-state index contributed by atoms with van der Waals surface area (Å²) in [5.41, 5.74) is 1.60. The van der Waals surface area contributed by atoms with Gasteiger partial charge in [-0.2, -0.15) is 0 Å². The van der Waals surface area contributed by atoms with Crippen molar-refractivity contribution in [2.45, 2.75) is 33.1 Å². The van der Waals surface area contributed by atoms with Crippen LogP contribution in [-0.4, -0.2) is 19.6 Å². The third-order valence-electron chi connectivity index (χ3n) is 3.41. The van der Waals surface area contributed by atoms with Gasteiger partial charge in [-0.05, 0) is 36.9 Å². The van der Waals surface area contributed by atoms with Crippen LogP contribution in [0.5, 0.6) is 0 Å². The molecule has 1 aliphatic rings.